The van der Waals surface area contributed by atoms with Crippen LogP contribution in [0.2, 0.25) is 0 Å². The van der Waals surface area contributed by atoms with Gasteiger partial charge in [-0.3, -0.25) is 18.6 Å². The van der Waals surface area contributed by atoms with E-state index in [0.29, 0.717) is 23.9 Å². The maximum Gasteiger partial charge on any atom is 0.472 e. The van der Waals surface area contributed by atoms with Crippen molar-refractivity contribution in [2.24, 2.45) is 0 Å². The molecular formula is C60H97NO8P+. The third kappa shape index (κ3) is 53.2. The van der Waals surface area contributed by atoms with Gasteiger partial charge in [0.25, 0.3) is 0 Å². The largest absolute Gasteiger partial charge is 0.472 e. The lowest BCUT2D eigenvalue weighted by atomic mass is 10.1. The van der Waals surface area contributed by atoms with Gasteiger partial charge in [0.05, 0.1) is 27.7 Å². The number of ether oxygens (including phenoxy) is 2. The Bertz CT molecular complexity index is 1690. The van der Waals surface area contributed by atoms with E-state index in [-0.39, 0.29) is 26.1 Å². The summed E-state index contributed by atoms with van der Waals surface area (Å²) in [5, 5.41) is 0. The fourth-order valence-electron chi connectivity index (χ4n) is 6.31. The zero-order valence-electron chi connectivity index (χ0n) is 44.4. The smallest absolute Gasteiger partial charge is 0.462 e. The van der Waals surface area contributed by atoms with Crippen LogP contribution in [-0.4, -0.2) is 74.9 Å². The lowest BCUT2D eigenvalue weighted by molar-refractivity contribution is -0.870. The lowest BCUT2D eigenvalue weighted by Gasteiger charge is -2.24. The van der Waals surface area contributed by atoms with Gasteiger partial charge >= 0.3 is 19.8 Å². The molecule has 0 saturated heterocycles. The highest BCUT2D eigenvalue weighted by Crippen LogP contribution is 2.43. The highest BCUT2D eigenvalue weighted by molar-refractivity contribution is 7.47. The van der Waals surface area contributed by atoms with Gasteiger partial charge in [-0.05, 0) is 116 Å². The molecule has 70 heavy (non-hydrogen) atoms. The van der Waals surface area contributed by atoms with E-state index >= 15 is 0 Å². The fourth-order valence-corrected chi connectivity index (χ4v) is 7.05. The molecule has 0 spiro atoms. The van der Waals surface area contributed by atoms with Crippen molar-refractivity contribution in [1.82, 2.24) is 0 Å². The van der Waals surface area contributed by atoms with Crippen molar-refractivity contribution in [3.8, 4) is 0 Å². The first-order chi connectivity index (χ1) is 34.0. The van der Waals surface area contributed by atoms with E-state index in [1.165, 1.54) is 0 Å². The Morgan fingerprint density at radius 2 is 0.771 bits per heavy atom. The summed E-state index contributed by atoms with van der Waals surface area (Å²) in [6.07, 6.45) is 73.4. The van der Waals surface area contributed by atoms with Crippen LogP contribution in [-0.2, 0) is 32.7 Å². The van der Waals surface area contributed by atoms with Crippen LogP contribution < -0.4 is 0 Å². The normalized spacial score (nSPS) is 14.5. The zero-order chi connectivity index (χ0) is 51.3. The third-order valence-electron chi connectivity index (χ3n) is 10.4. The summed E-state index contributed by atoms with van der Waals surface area (Å²) >= 11 is 0. The molecule has 0 aliphatic carbocycles. The average Bonchev–Trinajstić information content (AvgIpc) is 3.32. The van der Waals surface area contributed by atoms with Gasteiger partial charge in [0.2, 0.25) is 0 Å². The van der Waals surface area contributed by atoms with E-state index < -0.39 is 32.5 Å². The molecule has 0 rings (SSSR count). The molecule has 9 nitrogen and oxygen atoms in total. The van der Waals surface area contributed by atoms with Crippen molar-refractivity contribution in [3.63, 3.8) is 0 Å². The number of esters is 2. The number of unbranched alkanes of at least 4 members (excludes halogenated alkanes) is 8. The number of rotatable bonds is 46. The summed E-state index contributed by atoms with van der Waals surface area (Å²) in [6.45, 7) is 4.10. The molecule has 0 radical (unpaired) electrons. The number of phosphoric ester groups is 1. The molecule has 1 N–H and O–H groups in total. The van der Waals surface area contributed by atoms with Crippen LogP contribution in [0.4, 0.5) is 0 Å². The lowest BCUT2D eigenvalue weighted by Crippen LogP contribution is -2.37. The molecule has 0 aromatic carbocycles. The molecule has 0 aromatic heterocycles. The summed E-state index contributed by atoms with van der Waals surface area (Å²) in [5.74, 6) is -0.879. The van der Waals surface area contributed by atoms with Crippen molar-refractivity contribution >= 4 is 19.8 Å². The maximum absolute atomic E-state index is 12.8. The molecule has 2 atom stereocenters. The van der Waals surface area contributed by atoms with Crippen molar-refractivity contribution in [3.05, 3.63) is 146 Å². The summed E-state index contributed by atoms with van der Waals surface area (Å²) < 4.78 is 34.4. The van der Waals surface area contributed by atoms with Crippen LogP contribution in [0.15, 0.2) is 146 Å². The van der Waals surface area contributed by atoms with Crippen molar-refractivity contribution in [1.29, 1.82) is 0 Å². The second kappa shape index (κ2) is 49.9. The number of carbonyl (C=O) groups is 2. The second-order valence-corrected chi connectivity index (χ2v) is 19.6. The number of allylic oxidation sites excluding steroid dienone is 24. The van der Waals surface area contributed by atoms with Crippen molar-refractivity contribution in [2.45, 2.75) is 174 Å². The monoisotopic (exact) mass is 991 g/mol. The molecule has 10 heteroatoms. The zero-order valence-corrected chi connectivity index (χ0v) is 45.3. The Morgan fingerprint density at radius 1 is 0.443 bits per heavy atom. The number of hydrogen-bond donors (Lipinski definition) is 1. The first-order valence-electron chi connectivity index (χ1n) is 26.6. The molecule has 0 saturated carbocycles. The summed E-state index contributed by atoms with van der Waals surface area (Å²) in [5.41, 5.74) is 0. The number of hydrogen-bond acceptors (Lipinski definition) is 7. The molecule has 394 valence electrons. The molecule has 2 unspecified atom stereocenters. The molecule has 0 fully saturated rings. The van der Waals surface area contributed by atoms with Crippen LogP contribution in [0.3, 0.4) is 0 Å². The standard InChI is InChI=1S/C60H96NO8P/c1-6-8-10-12-14-16-18-20-22-23-24-25-26-27-28-29-30-31-32-33-34-35-36-37-39-41-43-45-47-49-51-53-60(63)69-58(57-68-70(64,65)67-55-54-61(3,4)5)56-66-59(62)52-50-48-46-44-42-40-38-21-19-17-15-13-11-9-7-2/h8-11,14-17,20-22,24-25,27-28,30-31,33-34,36-38,42,44,58H,6-7,12-13,18-19,23,26,29,32,35,39-41,43,45-57H2,1-5H3/p+1/b10-8-,11-9-,16-14-,17-15-,22-20-,25-24-,28-27-,31-30-,34-33-,37-36-,38-21-,44-42-. The van der Waals surface area contributed by atoms with E-state index in [2.05, 4.69) is 160 Å². The molecule has 0 amide bonds. The van der Waals surface area contributed by atoms with Crippen molar-refractivity contribution in [2.75, 3.05) is 47.5 Å². The predicted octanol–water partition coefficient (Wildman–Crippen LogP) is 16.4. The van der Waals surface area contributed by atoms with Gasteiger partial charge in [-0.15, -0.1) is 0 Å². The Hall–Kier alpha value is -4.11. The highest BCUT2D eigenvalue weighted by atomic mass is 31.2. The van der Waals surface area contributed by atoms with E-state index in [9.17, 15) is 19.0 Å². The summed E-state index contributed by atoms with van der Waals surface area (Å²) in [7, 11) is 1.42. The first-order valence-corrected chi connectivity index (χ1v) is 28.1. The van der Waals surface area contributed by atoms with Gasteiger partial charge in [-0.2, -0.15) is 0 Å². The van der Waals surface area contributed by atoms with Gasteiger partial charge in [0.1, 0.15) is 19.8 Å². The summed E-state index contributed by atoms with van der Waals surface area (Å²) in [4.78, 5) is 35.5. The maximum atomic E-state index is 12.8. The molecule has 0 bridgehead atoms. The topological polar surface area (TPSA) is 108 Å². The minimum atomic E-state index is -4.41. The number of phosphoric acid groups is 1. The molecule has 0 aromatic rings. The number of likely N-dealkylation sites (N-methyl/N-ethyl adjacent to an activating group) is 1. The molecular weight excluding hydrogens is 894 g/mol. The Balaban J connectivity index is 4.31. The van der Waals surface area contributed by atoms with Crippen LogP contribution in [0.1, 0.15) is 168 Å². The fraction of sp³-hybridized carbons (Fsp3) is 0.567. The minimum absolute atomic E-state index is 0.0127. The third-order valence-corrected chi connectivity index (χ3v) is 11.3. The molecule has 0 heterocycles. The first kappa shape index (κ1) is 65.9. The molecule has 0 aliphatic rings. The van der Waals surface area contributed by atoms with Crippen molar-refractivity contribution < 1.29 is 42.1 Å². The Kier molecular flexibility index (Phi) is 46.9. The van der Waals surface area contributed by atoms with Gasteiger partial charge in [0, 0.05) is 12.8 Å². The van der Waals surface area contributed by atoms with Gasteiger partial charge in [-0.25, -0.2) is 4.57 Å². The number of nitrogens with zero attached hydrogens (tertiary/aromatic N) is 1. The quantitative estimate of drug-likeness (QED) is 0.0211. The van der Waals surface area contributed by atoms with Gasteiger partial charge in [0.15, 0.2) is 6.10 Å². The SMILES string of the molecule is CC/C=C\C/C=C\C/C=C\C/C=C\C/C=C\C/C=C\C/C=C\C/C=C\CCCCCCCCC(=O)OC(COC(=O)CCCC/C=C\C/C=C\C/C=C\C/C=C\CC)COP(=O)(O)OCC[N+](C)(C)C. The Morgan fingerprint density at radius 3 is 1.17 bits per heavy atom. The van der Waals surface area contributed by atoms with Crippen LogP contribution in [0.25, 0.3) is 0 Å². The number of quaternary nitrogens is 1. The van der Waals surface area contributed by atoms with Crippen LogP contribution >= 0.6 is 7.82 Å². The van der Waals surface area contributed by atoms with E-state index in [1.807, 2.05) is 21.1 Å². The molecule has 0 aliphatic heterocycles. The van der Waals surface area contributed by atoms with Crippen LogP contribution in [0.5, 0.6) is 0 Å². The van der Waals surface area contributed by atoms with E-state index in [4.69, 9.17) is 18.5 Å². The summed E-state index contributed by atoms with van der Waals surface area (Å²) in [6, 6.07) is 0. The van der Waals surface area contributed by atoms with E-state index in [0.717, 1.165) is 128 Å². The van der Waals surface area contributed by atoms with Crippen LogP contribution in [0, 0.1) is 0 Å². The van der Waals surface area contributed by atoms with Gasteiger partial charge in [-0.1, -0.05) is 185 Å². The second-order valence-electron chi connectivity index (χ2n) is 18.1. The number of carbonyl (C=O) groups excluding carboxylic acids is 2. The van der Waals surface area contributed by atoms with Gasteiger partial charge < -0.3 is 18.9 Å². The predicted molar refractivity (Wildman–Crippen MR) is 297 cm³/mol. The van der Waals surface area contributed by atoms with E-state index in [1.54, 1.807) is 0 Å². The highest BCUT2D eigenvalue weighted by Gasteiger charge is 2.27. The average molecular weight is 991 g/mol. The Labute approximate surface area is 427 Å². The minimum Gasteiger partial charge on any atom is -0.462 e.